The molecular weight excluding hydrogens is 224 g/mol. The van der Waals surface area contributed by atoms with E-state index >= 15 is 0 Å². The van der Waals surface area contributed by atoms with Gasteiger partial charge in [0.25, 0.3) is 0 Å². The molecule has 2 heteroatoms. The molecule has 2 rings (SSSR count). The van der Waals surface area contributed by atoms with Crippen molar-refractivity contribution >= 4 is 12.6 Å². The van der Waals surface area contributed by atoms with E-state index in [1.807, 2.05) is 38.1 Å². The maximum atomic E-state index is 10.9. The van der Waals surface area contributed by atoms with Crippen molar-refractivity contribution < 1.29 is 9.59 Å². The van der Waals surface area contributed by atoms with Gasteiger partial charge in [0.1, 0.15) is 12.6 Å². The molecule has 2 nitrogen and oxygen atoms in total. The quantitative estimate of drug-likeness (QED) is 0.766. The van der Waals surface area contributed by atoms with E-state index < -0.39 is 0 Å². The van der Waals surface area contributed by atoms with Gasteiger partial charge in [0.15, 0.2) is 0 Å². The first-order valence-electron chi connectivity index (χ1n) is 5.78. The Labute approximate surface area is 106 Å². The predicted molar refractivity (Wildman–Crippen MR) is 72.1 cm³/mol. The Morgan fingerprint density at radius 1 is 0.778 bits per heavy atom. The van der Waals surface area contributed by atoms with Crippen molar-refractivity contribution in [3.05, 3.63) is 58.7 Å². The highest BCUT2D eigenvalue weighted by atomic mass is 16.1. The minimum Gasteiger partial charge on any atom is -0.298 e. The van der Waals surface area contributed by atoms with Crippen molar-refractivity contribution in [2.45, 2.75) is 13.8 Å². The predicted octanol–water partition coefficient (Wildman–Crippen LogP) is 3.60. The number of benzene rings is 2. The summed E-state index contributed by atoms with van der Waals surface area (Å²) in [4.78, 5) is 21.5. The molecule has 0 aliphatic rings. The van der Waals surface area contributed by atoms with Gasteiger partial charge in [-0.05, 0) is 36.1 Å². The van der Waals surface area contributed by atoms with Crippen molar-refractivity contribution in [1.82, 2.24) is 0 Å². The first-order chi connectivity index (χ1) is 8.67. The first kappa shape index (κ1) is 12.2. The molecule has 0 N–H and O–H groups in total. The van der Waals surface area contributed by atoms with Gasteiger partial charge in [0, 0.05) is 11.1 Å². The van der Waals surface area contributed by atoms with Crippen LogP contribution < -0.4 is 0 Å². The molecule has 0 bridgehead atoms. The molecule has 2 aromatic rings. The Bertz CT molecular complexity index is 595. The van der Waals surface area contributed by atoms with Crippen molar-refractivity contribution in [3.63, 3.8) is 0 Å². The van der Waals surface area contributed by atoms with E-state index in [0.717, 1.165) is 40.4 Å². The van der Waals surface area contributed by atoms with Crippen molar-refractivity contribution in [1.29, 1.82) is 0 Å². The van der Waals surface area contributed by atoms with Gasteiger partial charge in [-0.1, -0.05) is 36.4 Å². The normalized spacial score (nSPS) is 10.1. The minimum absolute atomic E-state index is 0.664. The molecule has 0 aliphatic carbocycles. The average molecular weight is 238 g/mol. The van der Waals surface area contributed by atoms with Crippen LogP contribution in [0, 0.1) is 13.8 Å². The zero-order valence-corrected chi connectivity index (χ0v) is 10.4. The molecule has 0 amide bonds. The fourth-order valence-electron chi connectivity index (χ4n) is 2.02. The lowest BCUT2D eigenvalue weighted by molar-refractivity contribution is 0.111. The summed E-state index contributed by atoms with van der Waals surface area (Å²) in [6.45, 7) is 3.95. The lowest BCUT2D eigenvalue weighted by Gasteiger charge is -2.11. The highest BCUT2D eigenvalue weighted by Gasteiger charge is 2.07. The largest absolute Gasteiger partial charge is 0.298 e. The Morgan fingerprint density at radius 2 is 1.44 bits per heavy atom. The minimum atomic E-state index is 0.664. The average Bonchev–Trinajstić information content (AvgIpc) is 2.42. The van der Waals surface area contributed by atoms with Gasteiger partial charge in [-0.2, -0.15) is 0 Å². The van der Waals surface area contributed by atoms with Gasteiger partial charge in [-0.3, -0.25) is 9.59 Å². The first-order valence-corrected chi connectivity index (χ1v) is 5.78. The van der Waals surface area contributed by atoms with E-state index in [4.69, 9.17) is 0 Å². The second-order valence-electron chi connectivity index (χ2n) is 4.31. The Kier molecular flexibility index (Phi) is 3.38. The van der Waals surface area contributed by atoms with E-state index in [1.54, 1.807) is 12.1 Å². The lowest BCUT2D eigenvalue weighted by Crippen LogP contribution is -1.93. The summed E-state index contributed by atoms with van der Waals surface area (Å²) >= 11 is 0. The van der Waals surface area contributed by atoms with E-state index in [-0.39, 0.29) is 0 Å². The summed E-state index contributed by atoms with van der Waals surface area (Å²) < 4.78 is 0. The van der Waals surface area contributed by atoms with Crippen molar-refractivity contribution in [2.24, 2.45) is 0 Å². The Balaban J connectivity index is 2.53. The maximum Gasteiger partial charge on any atom is 0.150 e. The maximum absolute atomic E-state index is 10.9. The number of aldehydes is 2. The van der Waals surface area contributed by atoms with Crippen LogP contribution in [0.3, 0.4) is 0 Å². The standard InChI is InChI=1S/C16H14O2/c1-11-12(2)16(8-7-15(11)10-18)14-5-3-13(9-17)4-6-14/h3-10H,1-2H3. The van der Waals surface area contributed by atoms with E-state index in [9.17, 15) is 9.59 Å². The van der Waals surface area contributed by atoms with Crippen LogP contribution in [0.5, 0.6) is 0 Å². The van der Waals surface area contributed by atoms with Crippen LogP contribution in [0.2, 0.25) is 0 Å². The van der Waals surface area contributed by atoms with Crippen LogP contribution in [0.25, 0.3) is 11.1 Å². The van der Waals surface area contributed by atoms with Crippen LogP contribution in [-0.2, 0) is 0 Å². The molecule has 0 unspecified atom stereocenters. The van der Waals surface area contributed by atoms with Gasteiger partial charge in [-0.15, -0.1) is 0 Å². The molecule has 0 fully saturated rings. The molecule has 0 heterocycles. The van der Waals surface area contributed by atoms with E-state index in [1.165, 1.54) is 0 Å². The van der Waals surface area contributed by atoms with Crippen molar-refractivity contribution in [2.75, 3.05) is 0 Å². The third-order valence-electron chi connectivity index (χ3n) is 3.31. The van der Waals surface area contributed by atoms with Crippen LogP contribution in [0.1, 0.15) is 31.8 Å². The molecule has 2 aromatic carbocycles. The third-order valence-corrected chi connectivity index (χ3v) is 3.31. The molecule has 90 valence electrons. The van der Waals surface area contributed by atoms with Gasteiger partial charge in [0.05, 0.1) is 0 Å². The number of carbonyl (C=O) groups excluding carboxylic acids is 2. The van der Waals surface area contributed by atoms with Gasteiger partial charge in [-0.25, -0.2) is 0 Å². The monoisotopic (exact) mass is 238 g/mol. The van der Waals surface area contributed by atoms with Gasteiger partial charge >= 0.3 is 0 Å². The van der Waals surface area contributed by atoms with Gasteiger partial charge < -0.3 is 0 Å². The third kappa shape index (κ3) is 2.09. The summed E-state index contributed by atoms with van der Waals surface area (Å²) in [5.41, 5.74) is 5.63. The smallest absolute Gasteiger partial charge is 0.150 e. The molecule has 0 saturated carbocycles. The molecule has 0 radical (unpaired) electrons. The number of hydrogen-bond acceptors (Lipinski definition) is 2. The SMILES string of the molecule is Cc1c(C=O)ccc(-c2ccc(C=O)cc2)c1C. The van der Waals surface area contributed by atoms with Crippen LogP contribution in [0.4, 0.5) is 0 Å². The van der Waals surface area contributed by atoms with E-state index in [0.29, 0.717) is 5.56 Å². The molecule has 18 heavy (non-hydrogen) atoms. The molecule has 0 saturated heterocycles. The Morgan fingerprint density at radius 3 is 2.00 bits per heavy atom. The van der Waals surface area contributed by atoms with Crippen LogP contribution >= 0.6 is 0 Å². The lowest BCUT2D eigenvalue weighted by atomic mass is 9.94. The molecule has 0 aliphatic heterocycles. The van der Waals surface area contributed by atoms with E-state index in [2.05, 4.69) is 0 Å². The summed E-state index contributed by atoms with van der Waals surface area (Å²) in [6, 6.07) is 11.2. The fraction of sp³-hybridized carbons (Fsp3) is 0.125. The summed E-state index contributed by atoms with van der Waals surface area (Å²) in [7, 11) is 0. The van der Waals surface area contributed by atoms with Crippen LogP contribution in [0.15, 0.2) is 36.4 Å². The highest BCUT2D eigenvalue weighted by molar-refractivity contribution is 5.82. The summed E-state index contributed by atoms with van der Waals surface area (Å²) in [6.07, 6.45) is 1.71. The Hall–Kier alpha value is -2.22. The number of rotatable bonds is 3. The zero-order valence-electron chi connectivity index (χ0n) is 10.4. The van der Waals surface area contributed by atoms with Gasteiger partial charge in [0.2, 0.25) is 0 Å². The highest BCUT2D eigenvalue weighted by Crippen LogP contribution is 2.27. The second-order valence-corrected chi connectivity index (χ2v) is 4.31. The molecule has 0 aromatic heterocycles. The topological polar surface area (TPSA) is 34.1 Å². The van der Waals surface area contributed by atoms with Crippen molar-refractivity contribution in [3.8, 4) is 11.1 Å². The summed E-state index contributed by atoms with van der Waals surface area (Å²) in [5.74, 6) is 0. The summed E-state index contributed by atoms with van der Waals surface area (Å²) in [5, 5.41) is 0. The molecular formula is C16H14O2. The van der Waals surface area contributed by atoms with Crippen LogP contribution in [-0.4, -0.2) is 12.6 Å². The number of hydrogen-bond donors (Lipinski definition) is 0. The molecule has 0 spiro atoms. The second kappa shape index (κ2) is 4.96. The molecule has 0 atom stereocenters. The fourth-order valence-corrected chi connectivity index (χ4v) is 2.02. The number of carbonyl (C=O) groups is 2. The zero-order chi connectivity index (χ0) is 13.1.